The van der Waals surface area contributed by atoms with E-state index in [1.54, 1.807) is 24.3 Å². The number of hydrogen-bond acceptors (Lipinski definition) is 5. The summed E-state index contributed by atoms with van der Waals surface area (Å²) in [6.45, 7) is 3.18. The predicted octanol–water partition coefficient (Wildman–Crippen LogP) is 4.17. The number of aromatic amines is 1. The Morgan fingerprint density at radius 3 is 2.31 bits per heavy atom. The molecule has 142 valence electrons. The summed E-state index contributed by atoms with van der Waals surface area (Å²) < 4.78 is 11.3. The Morgan fingerprint density at radius 1 is 0.931 bits per heavy atom. The molecule has 6 heteroatoms. The second-order valence-electron chi connectivity index (χ2n) is 7.02. The Bertz CT molecular complexity index is 1610. The molecular weight excluding hydrogens is 370 g/mol. The maximum Gasteiger partial charge on any atom is 0.308 e. The van der Waals surface area contributed by atoms with Gasteiger partial charge >= 0.3 is 5.97 Å². The lowest BCUT2D eigenvalue weighted by Gasteiger charge is -2.11. The molecule has 0 amide bonds. The van der Waals surface area contributed by atoms with E-state index < -0.39 is 5.97 Å². The van der Waals surface area contributed by atoms with Gasteiger partial charge in [0.1, 0.15) is 5.75 Å². The highest BCUT2D eigenvalue weighted by Gasteiger charge is 2.20. The van der Waals surface area contributed by atoms with E-state index in [2.05, 4.69) is 4.98 Å². The zero-order valence-corrected chi connectivity index (χ0v) is 15.7. The van der Waals surface area contributed by atoms with Crippen molar-refractivity contribution in [1.29, 1.82) is 0 Å². The third kappa shape index (κ3) is 2.53. The Kier molecular flexibility index (Phi) is 3.58. The number of carbonyl (C=O) groups excluding carboxylic acids is 1. The average Bonchev–Trinajstić information content (AvgIpc) is 2.69. The molecule has 1 N–H and O–H groups in total. The summed E-state index contributed by atoms with van der Waals surface area (Å²) in [7, 11) is 0. The molecule has 5 rings (SSSR count). The largest absolute Gasteiger partial charge is 0.453 e. The zero-order chi connectivity index (χ0) is 20.3. The number of esters is 1. The molecule has 0 atom stereocenters. The van der Waals surface area contributed by atoms with E-state index in [1.807, 2.05) is 25.1 Å². The van der Waals surface area contributed by atoms with Crippen LogP contribution in [0, 0.1) is 6.92 Å². The SMILES string of the molecule is CC(=O)Oc1cc2oc3cc(C)ccc3[nH]c2c2c(=O)c3ccccc3c(=O)c12. The van der Waals surface area contributed by atoms with E-state index in [4.69, 9.17) is 9.15 Å². The normalized spacial score (nSPS) is 11.5. The number of fused-ring (bicyclic) bond motifs is 5. The van der Waals surface area contributed by atoms with Gasteiger partial charge in [-0.25, -0.2) is 0 Å². The quantitative estimate of drug-likeness (QED) is 0.202. The van der Waals surface area contributed by atoms with Crippen molar-refractivity contribution in [1.82, 2.24) is 4.98 Å². The minimum Gasteiger partial charge on any atom is -0.453 e. The monoisotopic (exact) mass is 385 g/mol. The van der Waals surface area contributed by atoms with Gasteiger partial charge in [0.25, 0.3) is 0 Å². The van der Waals surface area contributed by atoms with Crippen LogP contribution in [-0.4, -0.2) is 11.0 Å². The van der Waals surface area contributed by atoms with E-state index in [0.29, 0.717) is 27.6 Å². The van der Waals surface area contributed by atoms with Crippen molar-refractivity contribution in [3.8, 4) is 5.75 Å². The van der Waals surface area contributed by atoms with Crippen LogP contribution in [0.3, 0.4) is 0 Å². The molecule has 0 unspecified atom stereocenters. The highest BCUT2D eigenvalue weighted by atomic mass is 16.5. The fourth-order valence-corrected chi connectivity index (χ4v) is 3.75. The van der Waals surface area contributed by atoms with Crippen LogP contribution in [0.1, 0.15) is 12.5 Å². The number of aromatic nitrogens is 1. The number of carbonyl (C=O) groups is 1. The number of H-pyrrole nitrogens is 1. The minimum absolute atomic E-state index is 0.0111. The van der Waals surface area contributed by atoms with E-state index in [0.717, 1.165) is 5.56 Å². The van der Waals surface area contributed by atoms with Crippen LogP contribution in [0.5, 0.6) is 5.75 Å². The van der Waals surface area contributed by atoms with Gasteiger partial charge in [0, 0.05) is 23.8 Å². The van der Waals surface area contributed by atoms with Crippen molar-refractivity contribution in [3.63, 3.8) is 0 Å². The van der Waals surface area contributed by atoms with Crippen molar-refractivity contribution < 1.29 is 13.9 Å². The number of ether oxygens (including phenoxy) is 1. The van der Waals surface area contributed by atoms with Crippen LogP contribution >= 0.6 is 0 Å². The minimum atomic E-state index is -0.591. The fraction of sp³-hybridized carbons (Fsp3) is 0.0870. The number of nitrogens with one attached hydrogen (secondary N) is 1. The molecule has 1 aromatic heterocycles. The first kappa shape index (κ1) is 17.2. The Labute approximate surface area is 163 Å². The second-order valence-corrected chi connectivity index (χ2v) is 7.02. The number of hydrogen-bond donors (Lipinski definition) is 1. The van der Waals surface area contributed by atoms with Gasteiger partial charge in [-0.3, -0.25) is 14.4 Å². The summed E-state index contributed by atoms with van der Waals surface area (Å²) in [6, 6.07) is 13.7. The van der Waals surface area contributed by atoms with Crippen LogP contribution in [-0.2, 0) is 4.79 Å². The molecule has 4 aromatic carbocycles. The van der Waals surface area contributed by atoms with Crippen molar-refractivity contribution in [2.75, 3.05) is 0 Å². The van der Waals surface area contributed by atoms with Crippen LogP contribution in [0.15, 0.2) is 62.5 Å². The molecule has 0 fully saturated rings. The summed E-state index contributed by atoms with van der Waals surface area (Å²) in [6.07, 6.45) is 0. The van der Waals surface area contributed by atoms with Gasteiger partial charge in [-0.15, -0.1) is 0 Å². The first-order valence-electron chi connectivity index (χ1n) is 9.07. The lowest BCUT2D eigenvalue weighted by atomic mass is 10.00. The van der Waals surface area contributed by atoms with E-state index >= 15 is 0 Å². The fourth-order valence-electron chi connectivity index (χ4n) is 3.75. The summed E-state index contributed by atoms with van der Waals surface area (Å²) in [5, 5.41) is 0.803. The van der Waals surface area contributed by atoms with Gasteiger partial charge in [-0.1, -0.05) is 30.3 Å². The molecule has 0 aliphatic heterocycles. The molecule has 0 spiro atoms. The van der Waals surface area contributed by atoms with Gasteiger partial charge in [-0.2, -0.15) is 0 Å². The summed E-state index contributed by atoms with van der Waals surface area (Å²) in [5.41, 5.74) is 2.29. The maximum atomic E-state index is 13.3. The molecule has 5 aromatic rings. The van der Waals surface area contributed by atoms with Gasteiger partial charge in [-0.05, 0) is 24.6 Å². The van der Waals surface area contributed by atoms with Gasteiger partial charge < -0.3 is 14.1 Å². The summed E-state index contributed by atoms with van der Waals surface area (Å²) >= 11 is 0. The van der Waals surface area contributed by atoms with Crippen molar-refractivity contribution >= 4 is 49.7 Å². The molecule has 0 radical (unpaired) electrons. The third-order valence-corrected chi connectivity index (χ3v) is 5.00. The highest BCUT2D eigenvalue weighted by Crippen LogP contribution is 2.32. The smallest absolute Gasteiger partial charge is 0.308 e. The van der Waals surface area contributed by atoms with Crippen LogP contribution in [0.4, 0.5) is 0 Å². The van der Waals surface area contributed by atoms with E-state index in [1.165, 1.54) is 13.0 Å². The van der Waals surface area contributed by atoms with E-state index in [9.17, 15) is 14.4 Å². The number of aryl methyl sites for hydroxylation is 1. The van der Waals surface area contributed by atoms with Crippen molar-refractivity contribution in [3.05, 3.63) is 74.5 Å². The van der Waals surface area contributed by atoms with Crippen LogP contribution in [0.2, 0.25) is 0 Å². The lowest BCUT2D eigenvalue weighted by molar-refractivity contribution is -0.131. The average molecular weight is 385 g/mol. The zero-order valence-electron chi connectivity index (χ0n) is 15.7. The molecule has 0 bridgehead atoms. The first-order valence-corrected chi connectivity index (χ1v) is 9.07. The highest BCUT2D eigenvalue weighted by molar-refractivity contribution is 6.12. The Hall–Kier alpha value is -3.93. The third-order valence-electron chi connectivity index (χ3n) is 5.00. The Balaban J connectivity index is 2.09. The number of benzene rings is 4. The molecular formula is C23H15NO5. The molecule has 0 saturated carbocycles. The topological polar surface area (TPSA) is 89.4 Å². The predicted molar refractivity (Wildman–Crippen MR) is 112 cm³/mol. The lowest BCUT2D eigenvalue weighted by Crippen LogP contribution is -2.15. The maximum absolute atomic E-state index is 13.3. The van der Waals surface area contributed by atoms with Gasteiger partial charge in [0.2, 0.25) is 0 Å². The molecule has 0 saturated heterocycles. The van der Waals surface area contributed by atoms with Gasteiger partial charge in [0.15, 0.2) is 22.0 Å². The number of rotatable bonds is 1. The standard InChI is InChI=1S/C23H15NO5/c1-11-7-8-15-16(9-11)29-18-10-17(28-12(2)25)19-20(21(18)24-15)23(27)14-6-4-3-5-13(14)22(19)26/h3-10,24H,1-2H3. The molecule has 0 aliphatic rings. The van der Waals surface area contributed by atoms with Crippen molar-refractivity contribution in [2.45, 2.75) is 13.8 Å². The van der Waals surface area contributed by atoms with Crippen molar-refractivity contribution in [2.24, 2.45) is 0 Å². The molecule has 29 heavy (non-hydrogen) atoms. The molecule has 1 heterocycles. The Morgan fingerprint density at radius 2 is 1.62 bits per heavy atom. The van der Waals surface area contributed by atoms with Crippen LogP contribution in [0.25, 0.3) is 43.7 Å². The molecule has 6 nitrogen and oxygen atoms in total. The van der Waals surface area contributed by atoms with Crippen LogP contribution < -0.4 is 15.6 Å². The second kappa shape index (κ2) is 6.04. The van der Waals surface area contributed by atoms with E-state index in [-0.39, 0.29) is 32.8 Å². The van der Waals surface area contributed by atoms with Gasteiger partial charge in [0.05, 0.1) is 21.8 Å². The first-order chi connectivity index (χ1) is 13.9. The molecule has 0 aliphatic carbocycles. The summed E-state index contributed by atoms with van der Waals surface area (Å²) in [5.74, 6) is -0.580. The summed E-state index contributed by atoms with van der Waals surface area (Å²) in [4.78, 5) is 41.4.